The van der Waals surface area contributed by atoms with E-state index < -0.39 is 5.41 Å². The number of carbonyl (C=O) groups is 1. The molecule has 0 N–H and O–H groups in total. The lowest BCUT2D eigenvalue weighted by molar-refractivity contribution is -0.132. The summed E-state index contributed by atoms with van der Waals surface area (Å²) in [5.41, 5.74) is -0.729. The zero-order valence-electron chi connectivity index (χ0n) is 22.0. The standard InChI is InChI=1S/C31H40N2O3/c1-4-14-27-28(35-25-15-9-7-10-16-25)23-31(24-29(27)36-26-17-11-8-12-18-26)19-22-33(30(31)34)21-13-20-32(5-2)6-3/h7-12,15-18,23-24,27H,4-6,13-14,19-22H2,1-3H3. The summed E-state index contributed by atoms with van der Waals surface area (Å²) in [6.07, 6.45) is 7.76. The third-order valence-corrected chi connectivity index (χ3v) is 7.30. The number of ether oxygens (including phenoxy) is 2. The van der Waals surface area contributed by atoms with E-state index in [-0.39, 0.29) is 11.8 Å². The second-order valence-electron chi connectivity index (χ2n) is 9.73. The van der Waals surface area contributed by atoms with Crippen molar-refractivity contribution in [2.45, 2.75) is 46.5 Å². The largest absolute Gasteiger partial charge is 0.461 e. The Bertz CT molecular complexity index is 985. The Balaban J connectivity index is 1.63. The van der Waals surface area contributed by atoms with E-state index in [1.807, 2.05) is 65.6 Å². The topological polar surface area (TPSA) is 42.0 Å². The maximum Gasteiger partial charge on any atom is 0.236 e. The number of carbonyl (C=O) groups excluding carboxylic acids is 1. The van der Waals surface area contributed by atoms with E-state index in [0.29, 0.717) is 0 Å². The van der Waals surface area contributed by atoms with Gasteiger partial charge in [-0.15, -0.1) is 0 Å². The van der Waals surface area contributed by atoms with Crippen LogP contribution in [0.3, 0.4) is 0 Å². The molecule has 0 unspecified atom stereocenters. The van der Waals surface area contributed by atoms with Crippen molar-refractivity contribution in [2.75, 3.05) is 32.7 Å². The molecule has 1 spiro atoms. The van der Waals surface area contributed by atoms with Crippen LogP contribution in [0.15, 0.2) is 84.3 Å². The van der Waals surface area contributed by atoms with Crippen molar-refractivity contribution in [3.8, 4) is 11.5 Å². The summed E-state index contributed by atoms with van der Waals surface area (Å²) in [4.78, 5) is 18.3. The molecular weight excluding hydrogens is 448 g/mol. The van der Waals surface area contributed by atoms with Gasteiger partial charge in [0.2, 0.25) is 5.91 Å². The van der Waals surface area contributed by atoms with E-state index in [4.69, 9.17) is 9.47 Å². The molecule has 1 heterocycles. The fourth-order valence-corrected chi connectivity index (χ4v) is 5.24. The third-order valence-electron chi connectivity index (χ3n) is 7.30. The predicted molar refractivity (Wildman–Crippen MR) is 145 cm³/mol. The van der Waals surface area contributed by atoms with Crippen molar-refractivity contribution in [1.29, 1.82) is 0 Å². The first-order chi connectivity index (χ1) is 17.6. The zero-order chi connectivity index (χ0) is 25.4. The maximum absolute atomic E-state index is 13.9. The van der Waals surface area contributed by atoms with Crippen LogP contribution in [0.2, 0.25) is 0 Å². The van der Waals surface area contributed by atoms with Crippen molar-refractivity contribution in [3.05, 3.63) is 84.3 Å². The Morgan fingerprint density at radius 1 is 0.889 bits per heavy atom. The highest BCUT2D eigenvalue weighted by Crippen LogP contribution is 2.45. The van der Waals surface area contributed by atoms with Crippen LogP contribution < -0.4 is 9.47 Å². The summed E-state index contributed by atoms with van der Waals surface area (Å²) in [5.74, 6) is 3.31. The van der Waals surface area contributed by atoms with Gasteiger partial charge in [0.1, 0.15) is 23.0 Å². The average molecular weight is 489 g/mol. The minimum absolute atomic E-state index is 0.0365. The fourth-order valence-electron chi connectivity index (χ4n) is 5.24. The number of rotatable bonds is 12. The minimum Gasteiger partial charge on any atom is -0.461 e. The van der Waals surface area contributed by atoms with Crippen molar-refractivity contribution in [1.82, 2.24) is 9.80 Å². The molecular formula is C31H40N2O3. The van der Waals surface area contributed by atoms with Gasteiger partial charge in [0.15, 0.2) is 0 Å². The van der Waals surface area contributed by atoms with E-state index in [2.05, 4.69) is 37.8 Å². The number of amides is 1. The molecule has 1 aliphatic heterocycles. The normalized spacial score (nSPS) is 21.6. The van der Waals surface area contributed by atoms with Crippen molar-refractivity contribution >= 4 is 5.91 Å². The number of likely N-dealkylation sites (tertiary alicyclic amines) is 1. The van der Waals surface area contributed by atoms with Gasteiger partial charge in [-0.25, -0.2) is 0 Å². The van der Waals surface area contributed by atoms with Crippen LogP contribution in [0.5, 0.6) is 11.5 Å². The number of hydrogen-bond donors (Lipinski definition) is 0. The average Bonchev–Trinajstić information content (AvgIpc) is 3.19. The lowest BCUT2D eigenvalue weighted by atomic mass is 9.77. The van der Waals surface area contributed by atoms with Crippen LogP contribution in [0.1, 0.15) is 46.5 Å². The van der Waals surface area contributed by atoms with Crippen LogP contribution in [0.4, 0.5) is 0 Å². The van der Waals surface area contributed by atoms with Gasteiger partial charge in [-0.3, -0.25) is 4.79 Å². The molecule has 0 atom stereocenters. The summed E-state index contributed by atoms with van der Waals surface area (Å²) < 4.78 is 12.9. The summed E-state index contributed by atoms with van der Waals surface area (Å²) in [5, 5.41) is 0. The molecule has 1 aliphatic carbocycles. The van der Waals surface area contributed by atoms with Gasteiger partial charge in [-0.1, -0.05) is 63.6 Å². The smallest absolute Gasteiger partial charge is 0.236 e. The lowest BCUT2D eigenvalue weighted by Crippen LogP contribution is -2.37. The van der Waals surface area contributed by atoms with Crippen LogP contribution in [-0.2, 0) is 4.79 Å². The van der Waals surface area contributed by atoms with Crippen LogP contribution in [0, 0.1) is 11.3 Å². The van der Waals surface area contributed by atoms with E-state index in [1.165, 1.54) is 0 Å². The number of hydrogen-bond acceptors (Lipinski definition) is 4. The molecule has 192 valence electrons. The summed E-state index contributed by atoms with van der Waals surface area (Å²) in [6, 6.07) is 19.7. The molecule has 5 heteroatoms. The Morgan fingerprint density at radius 3 is 1.94 bits per heavy atom. The molecule has 5 nitrogen and oxygen atoms in total. The number of nitrogens with zero attached hydrogens (tertiary/aromatic N) is 2. The SMILES string of the molecule is CCCC1C(Oc2ccccc2)=CC2(C=C1Oc1ccccc1)CCN(CCCN(CC)CC)C2=O. The first-order valence-corrected chi connectivity index (χ1v) is 13.5. The highest BCUT2D eigenvalue weighted by molar-refractivity contribution is 5.89. The van der Waals surface area contributed by atoms with E-state index in [0.717, 1.165) is 81.4 Å². The molecule has 1 saturated heterocycles. The Labute approximate surface area is 216 Å². The quantitative estimate of drug-likeness (QED) is 0.352. The molecule has 2 aromatic carbocycles. The first kappa shape index (κ1) is 26.0. The summed E-state index contributed by atoms with van der Waals surface area (Å²) >= 11 is 0. The van der Waals surface area contributed by atoms with Gasteiger partial charge < -0.3 is 19.3 Å². The van der Waals surface area contributed by atoms with E-state index in [9.17, 15) is 4.79 Å². The molecule has 4 rings (SSSR count). The van der Waals surface area contributed by atoms with E-state index >= 15 is 0 Å². The minimum atomic E-state index is -0.729. The summed E-state index contributed by atoms with van der Waals surface area (Å²) in [6.45, 7) is 11.2. The van der Waals surface area contributed by atoms with Gasteiger partial charge in [0.25, 0.3) is 0 Å². The van der Waals surface area contributed by atoms with Crippen LogP contribution in [0.25, 0.3) is 0 Å². The molecule has 2 aromatic rings. The molecule has 0 bridgehead atoms. The van der Waals surface area contributed by atoms with Gasteiger partial charge >= 0.3 is 0 Å². The zero-order valence-corrected chi connectivity index (χ0v) is 22.0. The van der Waals surface area contributed by atoms with E-state index in [1.54, 1.807) is 0 Å². The monoisotopic (exact) mass is 488 g/mol. The summed E-state index contributed by atoms with van der Waals surface area (Å²) in [7, 11) is 0. The highest BCUT2D eigenvalue weighted by atomic mass is 16.5. The van der Waals surface area contributed by atoms with Crippen LogP contribution in [-0.4, -0.2) is 48.4 Å². The molecule has 36 heavy (non-hydrogen) atoms. The van der Waals surface area contributed by atoms with Crippen molar-refractivity contribution in [2.24, 2.45) is 11.3 Å². The Morgan fingerprint density at radius 2 is 1.44 bits per heavy atom. The number of para-hydroxylation sites is 2. The Hall–Kier alpha value is -3.05. The number of benzene rings is 2. The van der Waals surface area contributed by atoms with Gasteiger partial charge in [-0.2, -0.15) is 0 Å². The first-order valence-electron chi connectivity index (χ1n) is 13.5. The second kappa shape index (κ2) is 12.3. The second-order valence-corrected chi connectivity index (χ2v) is 9.73. The molecule has 0 saturated carbocycles. The van der Waals surface area contributed by atoms with Gasteiger partial charge in [-0.05, 0) is 75.3 Å². The van der Waals surface area contributed by atoms with Gasteiger partial charge in [0, 0.05) is 13.1 Å². The lowest BCUT2D eigenvalue weighted by Gasteiger charge is -2.33. The highest BCUT2D eigenvalue weighted by Gasteiger charge is 2.48. The maximum atomic E-state index is 13.9. The van der Waals surface area contributed by atoms with Crippen LogP contribution >= 0.6 is 0 Å². The predicted octanol–water partition coefficient (Wildman–Crippen LogP) is 6.29. The Kier molecular flexibility index (Phi) is 8.87. The fraction of sp³-hybridized carbons (Fsp3) is 0.452. The van der Waals surface area contributed by atoms with Gasteiger partial charge in [0.05, 0.1) is 11.3 Å². The van der Waals surface area contributed by atoms with Crippen molar-refractivity contribution in [3.63, 3.8) is 0 Å². The molecule has 2 aliphatic rings. The molecule has 0 aromatic heterocycles. The van der Waals surface area contributed by atoms with Crippen molar-refractivity contribution < 1.29 is 14.3 Å². The third kappa shape index (κ3) is 6.01. The molecule has 1 amide bonds. The molecule has 1 fully saturated rings. The molecule has 0 radical (unpaired) electrons.